The number of fused-ring (bicyclic) bond motifs is 1. The molecular weight excluding hydrogens is 265 g/mol. The highest BCUT2D eigenvalue weighted by Gasteiger charge is 2.08. The number of nitrogens with zero attached hydrogens (tertiary/aromatic N) is 1. The van der Waals surface area contributed by atoms with Gasteiger partial charge in [-0.05, 0) is 35.9 Å². The van der Waals surface area contributed by atoms with Crippen LogP contribution in [0.2, 0.25) is 0 Å². The van der Waals surface area contributed by atoms with E-state index in [0.29, 0.717) is 16.5 Å². The van der Waals surface area contributed by atoms with Crippen molar-refractivity contribution in [2.24, 2.45) is 0 Å². The topological polar surface area (TPSA) is 26.0 Å². The van der Waals surface area contributed by atoms with Gasteiger partial charge in [0.1, 0.15) is 16.4 Å². The predicted molar refractivity (Wildman–Crippen MR) is 74.1 cm³/mol. The maximum atomic E-state index is 12.8. The molecule has 0 amide bonds. The van der Waals surface area contributed by atoms with Crippen LogP contribution >= 0.6 is 11.6 Å². The number of hydrogen-bond donors (Lipinski definition) is 0. The van der Waals surface area contributed by atoms with Gasteiger partial charge in [-0.1, -0.05) is 35.9 Å². The lowest BCUT2D eigenvalue weighted by molar-refractivity contribution is 0.588. The molecule has 3 rings (SSSR count). The molecule has 2 nitrogen and oxygen atoms in total. The fourth-order valence-corrected chi connectivity index (χ4v) is 1.95. The molecule has 0 aliphatic rings. The van der Waals surface area contributed by atoms with Crippen molar-refractivity contribution in [3.8, 4) is 0 Å². The summed E-state index contributed by atoms with van der Waals surface area (Å²) in [5.74, 6) is 0.0716. The van der Waals surface area contributed by atoms with Crippen LogP contribution in [-0.4, -0.2) is 4.98 Å². The Kier molecular flexibility index (Phi) is 3.05. The second-order valence-electron chi connectivity index (χ2n) is 4.03. The van der Waals surface area contributed by atoms with E-state index in [-0.39, 0.29) is 5.82 Å². The van der Waals surface area contributed by atoms with Crippen molar-refractivity contribution in [2.45, 2.75) is 0 Å². The smallest absolute Gasteiger partial charge is 0.238 e. The van der Waals surface area contributed by atoms with Crippen molar-refractivity contribution in [3.05, 3.63) is 65.8 Å². The predicted octanol–water partition coefficient (Wildman–Crippen LogP) is 4.70. The van der Waals surface area contributed by atoms with Gasteiger partial charge in [-0.2, -0.15) is 0 Å². The second-order valence-corrected chi connectivity index (χ2v) is 4.44. The summed E-state index contributed by atoms with van der Waals surface area (Å²) in [6.45, 7) is 0. The Morgan fingerprint density at radius 2 is 1.84 bits per heavy atom. The number of rotatable bonds is 2. The quantitative estimate of drug-likeness (QED) is 0.676. The Bertz CT molecular complexity index is 713. The van der Waals surface area contributed by atoms with Crippen LogP contribution in [0.1, 0.15) is 11.5 Å². The van der Waals surface area contributed by atoms with Crippen LogP contribution < -0.4 is 0 Å². The minimum Gasteiger partial charge on any atom is -0.435 e. The summed E-state index contributed by atoms with van der Waals surface area (Å²) in [4.78, 5) is 4.29. The average Bonchev–Trinajstić information content (AvgIpc) is 2.85. The van der Waals surface area contributed by atoms with E-state index in [1.165, 1.54) is 12.1 Å². The lowest BCUT2D eigenvalue weighted by Crippen LogP contribution is -1.78. The minimum absolute atomic E-state index is 0.282. The molecule has 1 heterocycles. The van der Waals surface area contributed by atoms with Crippen LogP contribution in [0.4, 0.5) is 4.39 Å². The molecule has 19 heavy (non-hydrogen) atoms. The van der Waals surface area contributed by atoms with E-state index < -0.39 is 0 Å². The number of oxazole rings is 1. The number of hydrogen-bond acceptors (Lipinski definition) is 2. The summed E-state index contributed by atoms with van der Waals surface area (Å²) >= 11 is 6.16. The molecule has 0 bridgehead atoms. The van der Waals surface area contributed by atoms with Gasteiger partial charge in [0.15, 0.2) is 5.58 Å². The molecule has 0 aliphatic carbocycles. The number of aromatic nitrogens is 1. The molecule has 0 atom stereocenters. The summed E-state index contributed by atoms with van der Waals surface area (Å²) in [7, 11) is 0. The van der Waals surface area contributed by atoms with Gasteiger partial charge in [-0.25, -0.2) is 9.37 Å². The zero-order chi connectivity index (χ0) is 13.2. The lowest BCUT2D eigenvalue weighted by Gasteiger charge is -1.94. The normalized spacial score (nSPS) is 12.0. The fourth-order valence-electron chi connectivity index (χ4n) is 1.74. The Hall–Kier alpha value is -2.13. The van der Waals surface area contributed by atoms with Crippen LogP contribution in [0.15, 0.2) is 52.9 Å². The summed E-state index contributed by atoms with van der Waals surface area (Å²) < 4.78 is 18.3. The van der Waals surface area contributed by atoms with E-state index in [1.54, 1.807) is 18.2 Å². The van der Waals surface area contributed by atoms with Crippen LogP contribution in [0.3, 0.4) is 0 Å². The van der Waals surface area contributed by atoms with Gasteiger partial charge < -0.3 is 4.42 Å². The van der Waals surface area contributed by atoms with Gasteiger partial charge in [0.2, 0.25) is 5.89 Å². The van der Waals surface area contributed by atoms with Gasteiger partial charge in [0.05, 0.1) is 0 Å². The van der Waals surface area contributed by atoms with Crippen molar-refractivity contribution >= 4 is 33.8 Å². The highest BCUT2D eigenvalue weighted by molar-refractivity contribution is 6.50. The van der Waals surface area contributed by atoms with Gasteiger partial charge in [0.25, 0.3) is 0 Å². The first-order valence-electron chi connectivity index (χ1n) is 5.71. The SMILES string of the molecule is Fc1ccc(/C=C(\Cl)c2nc3ccccc3o2)cc1. The Morgan fingerprint density at radius 1 is 1.11 bits per heavy atom. The van der Waals surface area contributed by atoms with Crippen molar-refractivity contribution < 1.29 is 8.81 Å². The van der Waals surface area contributed by atoms with Gasteiger partial charge in [-0.15, -0.1) is 0 Å². The van der Waals surface area contributed by atoms with E-state index in [4.69, 9.17) is 16.0 Å². The summed E-state index contributed by atoms with van der Waals surface area (Å²) in [5, 5.41) is 0.378. The van der Waals surface area contributed by atoms with Crippen molar-refractivity contribution in [1.82, 2.24) is 4.98 Å². The molecule has 0 saturated heterocycles. The monoisotopic (exact) mass is 273 g/mol. The van der Waals surface area contributed by atoms with Gasteiger partial charge in [-0.3, -0.25) is 0 Å². The first kappa shape index (κ1) is 11.9. The third-order valence-corrected chi connectivity index (χ3v) is 2.93. The highest BCUT2D eigenvalue weighted by atomic mass is 35.5. The van der Waals surface area contributed by atoms with Crippen LogP contribution in [0, 0.1) is 5.82 Å². The summed E-state index contributed by atoms with van der Waals surface area (Å²) in [6, 6.07) is 13.5. The zero-order valence-electron chi connectivity index (χ0n) is 9.81. The Labute approximate surface area is 114 Å². The second kappa shape index (κ2) is 4.86. The zero-order valence-corrected chi connectivity index (χ0v) is 10.6. The number of benzene rings is 2. The Morgan fingerprint density at radius 3 is 2.58 bits per heavy atom. The van der Waals surface area contributed by atoms with Crippen LogP contribution in [0.25, 0.3) is 22.2 Å². The molecule has 0 unspecified atom stereocenters. The number of para-hydroxylation sites is 2. The molecule has 2 aromatic carbocycles. The van der Waals surface area contributed by atoms with Gasteiger partial charge in [0, 0.05) is 0 Å². The largest absolute Gasteiger partial charge is 0.435 e. The fraction of sp³-hybridized carbons (Fsp3) is 0. The summed E-state index contributed by atoms with van der Waals surface area (Å²) in [6.07, 6.45) is 1.69. The van der Waals surface area contributed by atoms with Crippen LogP contribution in [0.5, 0.6) is 0 Å². The standard InChI is InChI=1S/C15H9ClFNO/c16-12(9-10-5-7-11(17)8-6-10)15-18-13-3-1-2-4-14(13)19-15/h1-9H/b12-9-. The van der Waals surface area contributed by atoms with E-state index >= 15 is 0 Å². The van der Waals surface area contributed by atoms with E-state index in [0.717, 1.165) is 11.1 Å². The average molecular weight is 274 g/mol. The van der Waals surface area contributed by atoms with Crippen molar-refractivity contribution in [1.29, 1.82) is 0 Å². The van der Waals surface area contributed by atoms with E-state index in [2.05, 4.69) is 4.98 Å². The molecule has 4 heteroatoms. The molecule has 0 radical (unpaired) electrons. The molecule has 94 valence electrons. The first-order chi connectivity index (χ1) is 9.22. The molecule has 0 N–H and O–H groups in total. The molecule has 3 aromatic rings. The maximum absolute atomic E-state index is 12.8. The minimum atomic E-state index is -0.282. The van der Waals surface area contributed by atoms with Crippen molar-refractivity contribution in [2.75, 3.05) is 0 Å². The molecule has 0 spiro atoms. The Balaban J connectivity index is 1.98. The van der Waals surface area contributed by atoms with E-state index in [1.807, 2.05) is 24.3 Å². The third kappa shape index (κ3) is 2.51. The molecular formula is C15H9ClFNO. The van der Waals surface area contributed by atoms with Crippen LogP contribution in [-0.2, 0) is 0 Å². The number of halogens is 2. The lowest BCUT2D eigenvalue weighted by atomic mass is 10.2. The molecule has 0 saturated carbocycles. The molecule has 1 aromatic heterocycles. The third-order valence-electron chi connectivity index (χ3n) is 2.66. The van der Waals surface area contributed by atoms with E-state index in [9.17, 15) is 4.39 Å². The van der Waals surface area contributed by atoms with Gasteiger partial charge >= 0.3 is 0 Å². The summed E-state index contributed by atoms with van der Waals surface area (Å²) in [5.41, 5.74) is 2.22. The first-order valence-corrected chi connectivity index (χ1v) is 6.09. The van der Waals surface area contributed by atoms with Crippen molar-refractivity contribution in [3.63, 3.8) is 0 Å². The highest BCUT2D eigenvalue weighted by Crippen LogP contribution is 2.25. The maximum Gasteiger partial charge on any atom is 0.238 e. The molecule has 0 fully saturated rings. The molecule has 0 aliphatic heterocycles.